The van der Waals surface area contributed by atoms with E-state index >= 15 is 0 Å². The first kappa shape index (κ1) is 20.6. The summed E-state index contributed by atoms with van der Waals surface area (Å²) in [5.41, 5.74) is 4.47. The van der Waals surface area contributed by atoms with Crippen molar-refractivity contribution in [2.75, 3.05) is 18.4 Å². The van der Waals surface area contributed by atoms with Gasteiger partial charge in [-0.2, -0.15) is 0 Å². The van der Waals surface area contributed by atoms with Crippen molar-refractivity contribution < 1.29 is 4.79 Å². The molecule has 1 saturated heterocycles. The monoisotopic (exact) mass is 404 g/mol. The number of para-hydroxylation sites is 3. The molecule has 1 amide bonds. The van der Waals surface area contributed by atoms with Gasteiger partial charge in [0.1, 0.15) is 5.82 Å². The second kappa shape index (κ2) is 9.43. The molecule has 5 heteroatoms. The lowest BCUT2D eigenvalue weighted by Gasteiger charge is -2.31. The number of nitrogens with zero attached hydrogens (tertiary/aromatic N) is 3. The molecular weight excluding hydrogens is 372 g/mol. The fraction of sp³-hybridized carbons (Fsp3) is 0.440. The molecule has 1 aliphatic rings. The number of likely N-dealkylation sites (tertiary alicyclic amines) is 1. The largest absolute Gasteiger partial charge is 0.327 e. The van der Waals surface area contributed by atoms with E-state index in [4.69, 9.17) is 4.98 Å². The molecule has 5 nitrogen and oxygen atoms in total. The molecule has 0 radical (unpaired) electrons. The number of rotatable bonds is 7. The number of anilines is 1. The van der Waals surface area contributed by atoms with E-state index in [0.717, 1.165) is 68.9 Å². The molecule has 0 aliphatic carbocycles. The average Bonchev–Trinajstić information content (AvgIpc) is 3.12. The Morgan fingerprint density at radius 2 is 1.80 bits per heavy atom. The van der Waals surface area contributed by atoms with Crippen LogP contribution in [-0.4, -0.2) is 33.4 Å². The summed E-state index contributed by atoms with van der Waals surface area (Å²) >= 11 is 0. The summed E-state index contributed by atoms with van der Waals surface area (Å²) in [4.78, 5) is 20.2. The minimum atomic E-state index is 0.0842. The second-order valence-electron chi connectivity index (χ2n) is 8.21. The molecule has 3 aromatic rings. The van der Waals surface area contributed by atoms with Crippen molar-refractivity contribution >= 4 is 22.6 Å². The highest BCUT2D eigenvalue weighted by Gasteiger charge is 2.26. The molecule has 158 valence electrons. The number of piperidine rings is 1. The average molecular weight is 405 g/mol. The Bertz CT molecular complexity index is 1000. The Morgan fingerprint density at radius 3 is 2.57 bits per heavy atom. The van der Waals surface area contributed by atoms with E-state index in [1.54, 1.807) is 0 Å². The number of aryl methyl sites for hydroxylation is 2. The van der Waals surface area contributed by atoms with Crippen LogP contribution in [0.15, 0.2) is 48.5 Å². The summed E-state index contributed by atoms with van der Waals surface area (Å²) in [7, 11) is 0. The quantitative estimate of drug-likeness (QED) is 0.612. The van der Waals surface area contributed by atoms with Gasteiger partial charge >= 0.3 is 0 Å². The fourth-order valence-corrected chi connectivity index (χ4v) is 4.52. The molecule has 1 N–H and O–H groups in total. The van der Waals surface area contributed by atoms with Crippen molar-refractivity contribution in [1.29, 1.82) is 0 Å². The number of imidazole rings is 1. The molecule has 1 fully saturated rings. The molecule has 4 rings (SSSR count). The van der Waals surface area contributed by atoms with Crippen LogP contribution in [0.1, 0.15) is 44.5 Å². The minimum absolute atomic E-state index is 0.0842. The summed E-state index contributed by atoms with van der Waals surface area (Å²) in [5, 5.41) is 3.19. The molecule has 2 heterocycles. The van der Waals surface area contributed by atoms with Gasteiger partial charge in [-0.05, 0) is 63.0 Å². The molecule has 1 aliphatic heterocycles. The van der Waals surface area contributed by atoms with Crippen LogP contribution >= 0.6 is 0 Å². The molecule has 30 heavy (non-hydrogen) atoms. The molecule has 0 bridgehead atoms. The number of aromatic nitrogens is 2. The van der Waals surface area contributed by atoms with Crippen molar-refractivity contribution in [3.63, 3.8) is 0 Å². The van der Waals surface area contributed by atoms with Gasteiger partial charge in [-0.3, -0.25) is 9.69 Å². The van der Waals surface area contributed by atoms with E-state index in [-0.39, 0.29) is 11.8 Å². The number of fused-ring (bicyclic) bond motifs is 1. The van der Waals surface area contributed by atoms with Crippen molar-refractivity contribution in [2.45, 2.75) is 52.6 Å². The van der Waals surface area contributed by atoms with Crippen molar-refractivity contribution in [3.05, 3.63) is 59.9 Å². The second-order valence-corrected chi connectivity index (χ2v) is 8.21. The molecule has 0 spiro atoms. The highest BCUT2D eigenvalue weighted by Crippen LogP contribution is 2.24. The highest BCUT2D eigenvalue weighted by molar-refractivity contribution is 5.93. The van der Waals surface area contributed by atoms with Gasteiger partial charge in [0.15, 0.2) is 0 Å². The van der Waals surface area contributed by atoms with Crippen LogP contribution in [-0.2, 0) is 24.3 Å². The highest BCUT2D eigenvalue weighted by atomic mass is 16.1. The van der Waals surface area contributed by atoms with Crippen LogP contribution in [0.3, 0.4) is 0 Å². The van der Waals surface area contributed by atoms with Gasteiger partial charge in [-0.25, -0.2) is 4.98 Å². The van der Waals surface area contributed by atoms with Crippen molar-refractivity contribution in [1.82, 2.24) is 14.5 Å². The Hall–Kier alpha value is -2.66. The maximum Gasteiger partial charge on any atom is 0.227 e. The zero-order valence-electron chi connectivity index (χ0n) is 18.1. The van der Waals surface area contributed by atoms with E-state index in [0.29, 0.717) is 0 Å². The maximum atomic E-state index is 12.9. The number of carbonyl (C=O) groups is 1. The van der Waals surface area contributed by atoms with E-state index < -0.39 is 0 Å². The SMILES string of the molecule is CCCc1ccccc1NC(=O)C1CCN(Cc2nc3ccccc3n2CC)CC1. The topological polar surface area (TPSA) is 50.2 Å². The Labute approximate surface area is 179 Å². The molecule has 2 aromatic carbocycles. The lowest BCUT2D eigenvalue weighted by atomic mass is 9.95. The molecular formula is C25H32N4O. The van der Waals surface area contributed by atoms with Crippen LogP contribution in [0.4, 0.5) is 5.69 Å². The fourth-order valence-electron chi connectivity index (χ4n) is 4.52. The van der Waals surface area contributed by atoms with Gasteiger partial charge < -0.3 is 9.88 Å². The van der Waals surface area contributed by atoms with Crippen molar-refractivity contribution in [3.8, 4) is 0 Å². The Kier molecular flexibility index (Phi) is 6.48. The molecule has 0 atom stereocenters. The van der Waals surface area contributed by atoms with Crippen LogP contribution in [0.5, 0.6) is 0 Å². The van der Waals surface area contributed by atoms with E-state index in [2.05, 4.69) is 52.9 Å². The van der Waals surface area contributed by atoms with E-state index in [1.165, 1.54) is 11.1 Å². The summed E-state index contributed by atoms with van der Waals surface area (Å²) < 4.78 is 2.30. The van der Waals surface area contributed by atoms with Crippen LogP contribution < -0.4 is 5.32 Å². The van der Waals surface area contributed by atoms with E-state index in [9.17, 15) is 4.79 Å². The molecule has 0 saturated carbocycles. The van der Waals surface area contributed by atoms with Gasteiger partial charge in [0.05, 0.1) is 17.6 Å². The van der Waals surface area contributed by atoms with Gasteiger partial charge in [0, 0.05) is 18.2 Å². The maximum absolute atomic E-state index is 12.9. The summed E-state index contributed by atoms with van der Waals surface area (Å²) in [5.74, 6) is 1.37. The molecule has 0 unspecified atom stereocenters. The normalized spacial score (nSPS) is 15.5. The summed E-state index contributed by atoms with van der Waals surface area (Å²) in [6.45, 7) is 7.97. The first-order chi connectivity index (χ1) is 14.7. The number of benzene rings is 2. The zero-order valence-corrected chi connectivity index (χ0v) is 18.1. The standard InChI is InChI=1S/C25H32N4O/c1-3-9-19-10-5-6-11-21(19)27-25(30)20-14-16-28(17-15-20)18-24-26-22-12-7-8-13-23(22)29(24)4-2/h5-8,10-13,20H,3-4,9,14-18H2,1-2H3,(H,27,30). The van der Waals surface area contributed by atoms with E-state index in [1.807, 2.05) is 24.3 Å². The third-order valence-corrected chi connectivity index (χ3v) is 6.17. The first-order valence-corrected chi connectivity index (χ1v) is 11.2. The molecule has 1 aromatic heterocycles. The van der Waals surface area contributed by atoms with Gasteiger partial charge in [0.2, 0.25) is 5.91 Å². The summed E-state index contributed by atoms with van der Waals surface area (Å²) in [6.07, 6.45) is 3.86. The summed E-state index contributed by atoms with van der Waals surface area (Å²) in [6, 6.07) is 16.5. The number of amides is 1. The number of carbonyl (C=O) groups excluding carboxylic acids is 1. The minimum Gasteiger partial charge on any atom is -0.327 e. The van der Waals surface area contributed by atoms with Gasteiger partial charge in [-0.15, -0.1) is 0 Å². The number of nitrogens with one attached hydrogen (secondary N) is 1. The van der Waals surface area contributed by atoms with Gasteiger partial charge in [-0.1, -0.05) is 43.7 Å². The lowest BCUT2D eigenvalue weighted by Crippen LogP contribution is -2.38. The zero-order chi connectivity index (χ0) is 20.9. The smallest absolute Gasteiger partial charge is 0.227 e. The van der Waals surface area contributed by atoms with Crippen LogP contribution in [0, 0.1) is 5.92 Å². The Morgan fingerprint density at radius 1 is 1.07 bits per heavy atom. The van der Waals surface area contributed by atoms with Crippen LogP contribution in [0.25, 0.3) is 11.0 Å². The number of hydrogen-bond donors (Lipinski definition) is 1. The predicted molar refractivity (Wildman–Crippen MR) is 122 cm³/mol. The third-order valence-electron chi connectivity index (χ3n) is 6.17. The first-order valence-electron chi connectivity index (χ1n) is 11.2. The van der Waals surface area contributed by atoms with Gasteiger partial charge in [0.25, 0.3) is 0 Å². The number of hydrogen-bond acceptors (Lipinski definition) is 3. The van der Waals surface area contributed by atoms with Crippen molar-refractivity contribution in [2.24, 2.45) is 5.92 Å². The van der Waals surface area contributed by atoms with Crippen LogP contribution in [0.2, 0.25) is 0 Å². The predicted octanol–water partition coefficient (Wildman–Crippen LogP) is 4.86. The third kappa shape index (κ3) is 4.41. The Balaban J connectivity index is 1.36. The lowest BCUT2D eigenvalue weighted by molar-refractivity contribution is -0.121.